The average molecular weight is 365 g/mol. The lowest BCUT2D eigenvalue weighted by atomic mass is 10.1. The average Bonchev–Trinajstić information content (AvgIpc) is 3.16. The molecule has 0 aliphatic rings. The van der Waals surface area contributed by atoms with Crippen LogP contribution in [-0.2, 0) is 22.5 Å². The maximum absolute atomic E-state index is 12.2. The van der Waals surface area contributed by atoms with E-state index in [1.54, 1.807) is 0 Å². The van der Waals surface area contributed by atoms with Gasteiger partial charge in [0.05, 0.1) is 12.7 Å². The summed E-state index contributed by atoms with van der Waals surface area (Å²) >= 11 is 1.33. The highest BCUT2D eigenvalue weighted by atomic mass is 32.1. The van der Waals surface area contributed by atoms with Crippen LogP contribution < -0.4 is 5.32 Å². The molecule has 2 rings (SSSR count). The van der Waals surface area contributed by atoms with Gasteiger partial charge in [0.25, 0.3) is 0 Å². The molecule has 0 aliphatic heterocycles. The Kier molecular flexibility index (Phi) is 5.92. The number of carbonyl (C=O) groups excluding carboxylic acids is 2. The number of carbonyl (C=O) groups is 3. The first-order valence-electron chi connectivity index (χ1n) is 7.64. The van der Waals surface area contributed by atoms with Crippen LogP contribution in [0.5, 0.6) is 0 Å². The smallest absolute Gasteiger partial charge is 0.356 e. The zero-order valence-electron chi connectivity index (χ0n) is 14.2. The van der Waals surface area contributed by atoms with Crippen molar-refractivity contribution in [1.29, 1.82) is 0 Å². The number of rotatable bonds is 7. The molecule has 0 atom stereocenters. The number of amides is 1. The molecule has 25 heavy (non-hydrogen) atoms. The molecule has 9 heteroatoms. The topological polar surface area (TPSA) is 111 Å². The molecule has 2 heterocycles. The first-order valence-corrected chi connectivity index (χ1v) is 8.46. The molecule has 2 aromatic heterocycles. The van der Waals surface area contributed by atoms with E-state index < -0.39 is 11.9 Å². The number of anilines is 1. The maximum Gasteiger partial charge on any atom is 0.356 e. The molecule has 0 radical (unpaired) electrons. The highest BCUT2D eigenvalue weighted by molar-refractivity contribution is 7.16. The minimum Gasteiger partial charge on any atom is -0.476 e. The van der Waals surface area contributed by atoms with Crippen molar-refractivity contribution in [3.8, 4) is 0 Å². The van der Waals surface area contributed by atoms with Crippen molar-refractivity contribution in [3.63, 3.8) is 0 Å². The molecule has 0 spiro atoms. The molecule has 0 aromatic carbocycles. The second-order valence-corrected chi connectivity index (χ2v) is 6.48. The van der Waals surface area contributed by atoms with Crippen LogP contribution in [0.3, 0.4) is 0 Å². The van der Waals surface area contributed by atoms with Crippen molar-refractivity contribution in [2.45, 2.75) is 33.2 Å². The Balaban J connectivity index is 2.07. The molecular formula is C16H19N3O5S. The molecule has 0 fully saturated rings. The zero-order valence-corrected chi connectivity index (χ0v) is 15.0. The zero-order chi connectivity index (χ0) is 18.6. The van der Waals surface area contributed by atoms with Gasteiger partial charge in [-0.25, -0.2) is 9.59 Å². The second-order valence-electron chi connectivity index (χ2n) is 5.25. The van der Waals surface area contributed by atoms with Crippen molar-refractivity contribution in [2.24, 2.45) is 0 Å². The molecule has 0 saturated carbocycles. The Labute approximate surface area is 148 Å². The molecule has 1 amide bonds. The van der Waals surface area contributed by atoms with E-state index in [-0.39, 0.29) is 24.6 Å². The Morgan fingerprint density at radius 3 is 2.68 bits per heavy atom. The number of carboxylic acids is 1. The minimum absolute atomic E-state index is 0.0742. The van der Waals surface area contributed by atoms with Crippen molar-refractivity contribution in [3.05, 3.63) is 34.0 Å². The number of nitrogens with one attached hydrogen (secondary N) is 1. The third-order valence-electron chi connectivity index (χ3n) is 3.63. The highest BCUT2D eigenvalue weighted by Crippen LogP contribution is 2.34. The van der Waals surface area contributed by atoms with Gasteiger partial charge in [0.15, 0.2) is 5.69 Å². The number of esters is 1. The first-order chi connectivity index (χ1) is 11.9. The number of aromatic nitrogens is 2. The SMILES string of the molecule is CCc1c(C)sc(NC(=O)CCn2ccc(C(=O)O)n2)c1C(=O)OC. The van der Waals surface area contributed by atoms with Crippen LogP contribution in [0.15, 0.2) is 12.3 Å². The van der Waals surface area contributed by atoms with E-state index in [1.165, 1.54) is 35.4 Å². The van der Waals surface area contributed by atoms with Crippen LogP contribution in [0, 0.1) is 6.92 Å². The standard InChI is InChI=1S/C16H19N3O5S/c1-4-10-9(2)25-14(13(10)16(23)24-3)17-12(20)6-8-19-7-5-11(18-19)15(21)22/h5,7H,4,6,8H2,1-3H3,(H,17,20)(H,21,22). The van der Waals surface area contributed by atoms with Gasteiger partial charge in [0.2, 0.25) is 5.91 Å². The van der Waals surface area contributed by atoms with Gasteiger partial charge in [0.1, 0.15) is 5.00 Å². The number of hydrogen-bond acceptors (Lipinski definition) is 6. The van der Waals surface area contributed by atoms with Gasteiger partial charge < -0.3 is 15.2 Å². The van der Waals surface area contributed by atoms with Crippen LogP contribution in [0.25, 0.3) is 0 Å². The summed E-state index contributed by atoms with van der Waals surface area (Å²) in [4.78, 5) is 35.9. The van der Waals surface area contributed by atoms with E-state index in [1.807, 2.05) is 13.8 Å². The van der Waals surface area contributed by atoms with E-state index in [9.17, 15) is 14.4 Å². The molecule has 0 saturated heterocycles. The van der Waals surface area contributed by atoms with Crippen LogP contribution in [0.2, 0.25) is 0 Å². The van der Waals surface area contributed by atoms with E-state index in [0.29, 0.717) is 17.0 Å². The van der Waals surface area contributed by atoms with Crippen LogP contribution in [0.4, 0.5) is 5.00 Å². The Hall–Kier alpha value is -2.68. The molecule has 134 valence electrons. The van der Waals surface area contributed by atoms with Gasteiger partial charge >= 0.3 is 11.9 Å². The molecule has 0 aliphatic carbocycles. The van der Waals surface area contributed by atoms with Crippen molar-refractivity contribution >= 4 is 34.2 Å². The number of methoxy groups -OCH3 is 1. The summed E-state index contributed by atoms with van der Waals surface area (Å²) in [6.45, 7) is 4.06. The predicted molar refractivity (Wildman–Crippen MR) is 92.2 cm³/mol. The van der Waals surface area contributed by atoms with Gasteiger partial charge in [-0.2, -0.15) is 5.10 Å². The Morgan fingerprint density at radius 2 is 2.12 bits per heavy atom. The molecular weight excluding hydrogens is 346 g/mol. The number of aromatic carboxylic acids is 1. The summed E-state index contributed by atoms with van der Waals surface area (Å²) in [5.74, 6) is -1.89. The Bertz CT molecular complexity index is 809. The van der Waals surface area contributed by atoms with E-state index in [0.717, 1.165) is 10.4 Å². The molecule has 8 nitrogen and oxygen atoms in total. The number of aryl methyl sites for hydroxylation is 2. The summed E-state index contributed by atoms with van der Waals surface area (Å²) in [7, 11) is 1.30. The lowest BCUT2D eigenvalue weighted by molar-refractivity contribution is -0.116. The van der Waals surface area contributed by atoms with Crippen LogP contribution in [0.1, 0.15) is 44.6 Å². The number of hydrogen-bond donors (Lipinski definition) is 2. The highest BCUT2D eigenvalue weighted by Gasteiger charge is 2.23. The predicted octanol–water partition coefficient (Wildman–Crippen LogP) is 2.33. The maximum atomic E-state index is 12.2. The fourth-order valence-corrected chi connectivity index (χ4v) is 3.57. The van der Waals surface area contributed by atoms with Crippen molar-refractivity contribution in [2.75, 3.05) is 12.4 Å². The van der Waals surface area contributed by atoms with E-state index in [4.69, 9.17) is 9.84 Å². The molecule has 2 aromatic rings. The van der Waals surface area contributed by atoms with Gasteiger partial charge in [-0.15, -0.1) is 11.3 Å². The molecule has 0 unspecified atom stereocenters. The van der Waals surface area contributed by atoms with Crippen molar-refractivity contribution in [1.82, 2.24) is 9.78 Å². The quantitative estimate of drug-likeness (QED) is 0.729. The fraction of sp³-hybridized carbons (Fsp3) is 0.375. The second kappa shape index (κ2) is 7.93. The third-order valence-corrected chi connectivity index (χ3v) is 4.70. The number of ether oxygens (including phenoxy) is 1. The van der Waals surface area contributed by atoms with Gasteiger partial charge in [0, 0.05) is 24.0 Å². The number of carboxylic acid groups (broad SMARTS) is 1. The normalized spacial score (nSPS) is 10.5. The first kappa shape index (κ1) is 18.7. The number of thiophene rings is 1. The molecule has 0 bridgehead atoms. The van der Waals surface area contributed by atoms with Gasteiger partial charge in [-0.3, -0.25) is 9.48 Å². The lowest BCUT2D eigenvalue weighted by Gasteiger charge is -2.07. The summed E-state index contributed by atoms with van der Waals surface area (Å²) in [6.07, 6.45) is 2.26. The fourth-order valence-electron chi connectivity index (χ4n) is 2.42. The van der Waals surface area contributed by atoms with Gasteiger partial charge in [-0.05, 0) is 25.0 Å². The summed E-state index contributed by atoms with van der Waals surface area (Å²) < 4.78 is 6.21. The summed E-state index contributed by atoms with van der Waals surface area (Å²) in [5, 5.41) is 15.9. The van der Waals surface area contributed by atoms with Crippen LogP contribution in [-0.4, -0.2) is 39.8 Å². The molecule has 2 N–H and O–H groups in total. The van der Waals surface area contributed by atoms with Crippen molar-refractivity contribution < 1.29 is 24.2 Å². The third kappa shape index (κ3) is 4.24. The number of nitrogens with zero attached hydrogens (tertiary/aromatic N) is 2. The lowest BCUT2D eigenvalue weighted by Crippen LogP contribution is -2.16. The minimum atomic E-state index is -1.12. The largest absolute Gasteiger partial charge is 0.476 e. The van der Waals surface area contributed by atoms with Gasteiger partial charge in [-0.1, -0.05) is 6.92 Å². The summed E-state index contributed by atoms with van der Waals surface area (Å²) in [6, 6.07) is 1.37. The summed E-state index contributed by atoms with van der Waals surface area (Å²) in [5.41, 5.74) is 1.19. The Morgan fingerprint density at radius 1 is 1.40 bits per heavy atom. The van der Waals surface area contributed by atoms with E-state index >= 15 is 0 Å². The van der Waals surface area contributed by atoms with Crippen LogP contribution >= 0.6 is 11.3 Å². The monoisotopic (exact) mass is 365 g/mol. The van der Waals surface area contributed by atoms with E-state index in [2.05, 4.69) is 10.4 Å².